The van der Waals surface area contributed by atoms with E-state index in [2.05, 4.69) is 91.4 Å². The number of hydrogen-bond acceptors (Lipinski definition) is 3. The fraction of sp³-hybridized carbons (Fsp3) is 0.400. The maximum Gasteiger partial charge on any atom is 0.226 e. The lowest BCUT2D eigenvalue weighted by Gasteiger charge is -2.34. The van der Waals surface area contributed by atoms with E-state index in [0.29, 0.717) is 5.56 Å². The second kappa shape index (κ2) is 11.7. The Kier molecular flexibility index (Phi) is 9.05. The Morgan fingerprint density at radius 1 is 0.868 bits per heavy atom. The molecule has 3 rings (SSSR count). The Labute approximate surface area is 229 Å². The van der Waals surface area contributed by atoms with Crippen LogP contribution in [0.3, 0.4) is 0 Å². The average molecular weight is 513 g/mol. The minimum atomic E-state index is -0.453. The van der Waals surface area contributed by atoms with Gasteiger partial charge in [0.25, 0.3) is 0 Å². The lowest BCUT2D eigenvalue weighted by Crippen LogP contribution is -2.27. The molecule has 0 aliphatic carbocycles. The SMILES string of the molecule is C=C(O)C(=O)c1ccc(-c2ccc(C(CC)(CC)c3ccc(CCC(O)C(C)(C)C)c(C)c3)cc2C)cc1. The summed E-state index contributed by atoms with van der Waals surface area (Å²) in [5.74, 6) is -0.898. The van der Waals surface area contributed by atoms with Gasteiger partial charge in [0, 0.05) is 11.0 Å². The first-order chi connectivity index (χ1) is 17.8. The predicted molar refractivity (Wildman–Crippen MR) is 159 cm³/mol. The molecule has 0 aliphatic heterocycles. The molecule has 0 aliphatic rings. The van der Waals surface area contributed by atoms with Crippen LogP contribution in [0.5, 0.6) is 0 Å². The van der Waals surface area contributed by atoms with Gasteiger partial charge in [-0.15, -0.1) is 0 Å². The molecule has 0 spiro atoms. The minimum absolute atomic E-state index is 0.0880. The number of hydrogen-bond donors (Lipinski definition) is 2. The number of Topliss-reactive ketones (excluding diaryl/α,β-unsaturated/α-hetero) is 1. The fourth-order valence-corrected chi connectivity index (χ4v) is 5.49. The molecule has 2 N–H and O–H groups in total. The summed E-state index contributed by atoms with van der Waals surface area (Å²) in [5.41, 5.74) is 8.80. The highest BCUT2D eigenvalue weighted by Crippen LogP contribution is 2.41. The van der Waals surface area contributed by atoms with Crippen LogP contribution in [0, 0.1) is 19.3 Å². The molecule has 3 nitrogen and oxygen atoms in total. The molecule has 0 aromatic heterocycles. The monoisotopic (exact) mass is 512 g/mol. The van der Waals surface area contributed by atoms with Crippen LogP contribution < -0.4 is 0 Å². The van der Waals surface area contributed by atoms with E-state index >= 15 is 0 Å². The maximum absolute atomic E-state index is 12.0. The van der Waals surface area contributed by atoms with Crippen molar-refractivity contribution in [2.24, 2.45) is 5.41 Å². The third-order valence-corrected chi connectivity index (χ3v) is 8.29. The first-order valence-electron chi connectivity index (χ1n) is 13.8. The van der Waals surface area contributed by atoms with Gasteiger partial charge in [-0.1, -0.05) is 102 Å². The summed E-state index contributed by atoms with van der Waals surface area (Å²) in [7, 11) is 0. The highest BCUT2D eigenvalue weighted by Gasteiger charge is 2.31. The van der Waals surface area contributed by atoms with Crippen LogP contribution in [0.25, 0.3) is 11.1 Å². The molecule has 0 heterocycles. The van der Waals surface area contributed by atoms with E-state index in [1.54, 1.807) is 12.1 Å². The predicted octanol–water partition coefficient (Wildman–Crippen LogP) is 8.67. The Balaban J connectivity index is 1.92. The van der Waals surface area contributed by atoms with Crippen molar-refractivity contribution in [3.8, 4) is 11.1 Å². The van der Waals surface area contributed by atoms with Crippen LogP contribution in [0.1, 0.15) is 92.1 Å². The van der Waals surface area contributed by atoms with Gasteiger partial charge in [0.15, 0.2) is 5.76 Å². The molecule has 1 unspecified atom stereocenters. The highest BCUT2D eigenvalue weighted by atomic mass is 16.3. The second-order valence-electron chi connectivity index (χ2n) is 11.7. The molecule has 0 saturated heterocycles. The van der Waals surface area contributed by atoms with E-state index in [-0.39, 0.29) is 16.9 Å². The first-order valence-corrected chi connectivity index (χ1v) is 13.8. The smallest absolute Gasteiger partial charge is 0.226 e. The number of allylic oxidation sites excluding steroid dienone is 1. The lowest BCUT2D eigenvalue weighted by atomic mass is 9.69. The third-order valence-electron chi connectivity index (χ3n) is 8.29. The first kappa shape index (κ1) is 29.4. The number of benzene rings is 3. The van der Waals surface area contributed by atoms with Gasteiger partial charge in [0.2, 0.25) is 5.78 Å². The fourth-order valence-electron chi connectivity index (χ4n) is 5.49. The molecular weight excluding hydrogens is 468 g/mol. The van der Waals surface area contributed by atoms with Crippen LogP contribution in [-0.4, -0.2) is 22.1 Å². The van der Waals surface area contributed by atoms with E-state index in [1.807, 2.05) is 12.1 Å². The van der Waals surface area contributed by atoms with Gasteiger partial charge in [-0.3, -0.25) is 4.79 Å². The quantitative estimate of drug-likeness (QED) is 0.162. The summed E-state index contributed by atoms with van der Waals surface area (Å²) < 4.78 is 0. The number of rotatable bonds is 10. The number of aryl methyl sites for hydroxylation is 3. The molecule has 3 aromatic rings. The van der Waals surface area contributed by atoms with Crippen molar-refractivity contribution in [3.05, 3.63) is 106 Å². The van der Waals surface area contributed by atoms with E-state index in [4.69, 9.17) is 0 Å². The normalized spacial score (nSPS) is 12.8. The number of carbonyl (C=O) groups is 1. The summed E-state index contributed by atoms with van der Waals surface area (Å²) in [6.07, 6.45) is 3.30. The van der Waals surface area contributed by atoms with Gasteiger partial charge >= 0.3 is 0 Å². The Morgan fingerprint density at radius 2 is 1.42 bits per heavy atom. The van der Waals surface area contributed by atoms with Crippen molar-refractivity contribution in [1.29, 1.82) is 0 Å². The van der Waals surface area contributed by atoms with Crippen molar-refractivity contribution >= 4 is 5.78 Å². The summed E-state index contributed by atoms with van der Waals surface area (Å²) in [5, 5.41) is 19.9. The van der Waals surface area contributed by atoms with Gasteiger partial charge < -0.3 is 10.2 Å². The van der Waals surface area contributed by atoms with Gasteiger partial charge in [-0.2, -0.15) is 0 Å². The lowest BCUT2D eigenvalue weighted by molar-refractivity contribution is 0.0559. The van der Waals surface area contributed by atoms with Gasteiger partial charge in [-0.25, -0.2) is 0 Å². The van der Waals surface area contributed by atoms with E-state index < -0.39 is 11.5 Å². The Bertz CT molecular complexity index is 1290. The van der Waals surface area contributed by atoms with Crippen LogP contribution in [0.4, 0.5) is 0 Å². The van der Waals surface area contributed by atoms with Crippen LogP contribution in [0.2, 0.25) is 0 Å². The van der Waals surface area contributed by atoms with Gasteiger partial charge in [0.05, 0.1) is 6.10 Å². The zero-order valence-corrected chi connectivity index (χ0v) is 24.2. The van der Waals surface area contributed by atoms with Crippen molar-refractivity contribution in [1.82, 2.24) is 0 Å². The average Bonchev–Trinajstić information content (AvgIpc) is 2.88. The molecule has 0 fully saturated rings. The van der Waals surface area contributed by atoms with E-state index in [0.717, 1.165) is 36.8 Å². The summed E-state index contributed by atoms with van der Waals surface area (Å²) >= 11 is 0. The number of ketones is 1. The highest BCUT2D eigenvalue weighted by molar-refractivity contribution is 6.06. The molecule has 0 bridgehead atoms. The third kappa shape index (κ3) is 6.10. The number of aliphatic hydroxyl groups excluding tert-OH is 2. The van der Waals surface area contributed by atoms with Crippen molar-refractivity contribution in [2.45, 2.75) is 85.7 Å². The van der Waals surface area contributed by atoms with Crippen molar-refractivity contribution in [2.75, 3.05) is 0 Å². The second-order valence-corrected chi connectivity index (χ2v) is 11.7. The van der Waals surface area contributed by atoms with Crippen LogP contribution in [-0.2, 0) is 11.8 Å². The molecule has 1 atom stereocenters. The summed E-state index contributed by atoms with van der Waals surface area (Å²) in [6.45, 7) is 18.4. The van der Waals surface area contributed by atoms with Crippen molar-refractivity contribution < 1.29 is 15.0 Å². The Hall–Kier alpha value is -3.17. The zero-order chi connectivity index (χ0) is 28.3. The van der Waals surface area contributed by atoms with E-state index in [9.17, 15) is 15.0 Å². The van der Waals surface area contributed by atoms with Gasteiger partial charge in [0.1, 0.15) is 0 Å². The minimum Gasteiger partial charge on any atom is -0.505 e. The van der Waals surface area contributed by atoms with E-state index in [1.165, 1.54) is 27.8 Å². The van der Waals surface area contributed by atoms with Crippen molar-refractivity contribution in [3.63, 3.8) is 0 Å². The molecule has 0 amide bonds. The summed E-state index contributed by atoms with van der Waals surface area (Å²) in [6, 6.07) is 20.9. The molecule has 38 heavy (non-hydrogen) atoms. The summed E-state index contributed by atoms with van der Waals surface area (Å²) in [4.78, 5) is 12.0. The molecule has 3 heteroatoms. The molecule has 202 valence electrons. The maximum atomic E-state index is 12.0. The number of carbonyl (C=O) groups excluding carboxylic acids is 1. The van der Waals surface area contributed by atoms with Gasteiger partial charge in [-0.05, 0) is 83.9 Å². The Morgan fingerprint density at radius 3 is 1.89 bits per heavy atom. The van der Waals surface area contributed by atoms with Crippen LogP contribution in [0.15, 0.2) is 73.0 Å². The number of aliphatic hydroxyl groups is 2. The molecule has 3 aromatic carbocycles. The standard InChI is InChI=1S/C35H44O3/c1-9-35(10-2,29-17-15-26(23(3)21-29)16-20-32(37)34(6,7)8)30-18-19-31(24(4)22-30)27-11-13-28(14-12-27)33(38)25(5)36/h11-15,17-19,21-22,32,36-37H,5,9-10,16,20H2,1-4,6-8H3. The molecule has 0 radical (unpaired) electrons. The largest absolute Gasteiger partial charge is 0.505 e. The molecule has 0 saturated carbocycles. The van der Waals surface area contributed by atoms with Crippen LogP contribution >= 0.6 is 0 Å². The molecular formula is C35H44O3. The zero-order valence-electron chi connectivity index (χ0n) is 24.2. The topological polar surface area (TPSA) is 57.5 Å².